The zero-order valence-corrected chi connectivity index (χ0v) is 11.5. The summed E-state index contributed by atoms with van der Waals surface area (Å²) in [6.45, 7) is 0. The molecule has 0 spiro atoms. The molecule has 0 fully saturated rings. The van der Waals surface area contributed by atoms with Crippen LogP contribution in [0.25, 0.3) is 5.57 Å². The smallest absolute Gasteiger partial charge is 0.138 e. The van der Waals surface area contributed by atoms with Crippen molar-refractivity contribution in [1.82, 2.24) is 4.57 Å². The van der Waals surface area contributed by atoms with Gasteiger partial charge in [0.05, 0.1) is 11.4 Å². The lowest BCUT2D eigenvalue weighted by Gasteiger charge is -2.02. The van der Waals surface area contributed by atoms with Crippen molar-refractivity contribution in [2.75, 3.05) is 0 Å². The van der Waals surface area contributed by atoms with Crippen LogP contribution < -0.4 is 0 Å². The summed E-state index contributed by atoms with van der Waals surface area (Å²) in [7, 11) is 0. The topological polar surface area (TPSA) is 17.3 Å². The molecule has 0 saturated heterocycles. The second-order valence-corrected chi connectivity index (χ2v) is 4.99. The van der Waals surface area contributed by atoms with Crippen LogP contribution in [0.4, 0.5) is 5.69 Å². The van der Waals surface area contributed by atoms with Gasteiger partial charge in [-0.2, -0.15) is 0 Å². The molecule has 3 aromatic rings. The second kappa shape index (κ2) is 4.91. The lowest BCUT2D eigenvalue weighted by Crippen LogP contribution is -2.03. The summed E-state index contributed by atoms with van der Waals surface area (Å²) in [6, 6.07) is 24.7. The van der Waals surface area contributed by atoms with Gasteiger partial charge in [-0.1, -0.05) is 48.5 Å². The summed E-state index contributed by atoms with van der Waals surface area (Å²) in [5.74, 6) is 0.958. The van der Waals surface area contributed by atoms with Crippen LogP contribution in [-0.4, -0.2) is 10.4 Å². The highest BCUT2D eigenvalue weighted by Gasteiger charge is 2.19. The molecule has 1 aliphatic heterocycles. The predicted octanol–water partition coefficient (Wildman–Crippen LogP) is 4.51. The highest BCUT2D eigenvalue weighted by atomic mass is 15.1. The number of hydrogen-bond acceptors (Lipinski definition) is 1. The van der Waals surface area contributed by atoms with Gasteiger partial charge in [-0.05, 0) is 35.9 Å². The normalized spacial score (nSPS) is 15.0. The molecule has 21 heavy (non-hydrogen) atoms. The fourth-order valence-corrected chi connectivity index (χ4v) is 2.64. The van der Waals surface area contributed by atoms with E-state index in [2.05, 4.69) is 53.2 Å². The zero-order chi connectivity index (χ0) is 14.1. The Bertz CT molecular complexity index is 824. The summed E-state index contributed by atoms with van der Waals surface area (Å²) in [6.07, 6.45) is 4.21. The fourth-order valence-electron chi connectivity index (χ4n) is 2.64. The Balaban J connectivity index is 1.84. The molecule has 0 bridgehead atoms. The largest absolute Gasteiger partial charge is 0.301 e. The van der Waals surface area contributed by atoms with E-state index in [1.807, 2.05) is 36.4 Å². The third kappa shape index (κ3) is 2.11. The molecule has 2 heterocycles. The minimum Gasteiger partial charge on any atom is -0.301 e. The van der Waals surface area contributed by atoms with Gasteiger partial charge < -0.3 is 4.57 Å². The Morgan fingerprint density at radius 3 is 2.19 bits per heavy atom. The highest BCUT2D eigenvalue weighted by molar-refractivity contribution is 6.10. The van der Waals surface area contributed by atoms with E-state index in [9.17, 15) is 0 Å². The number of hydrogen-bond donors (Lipinski definition) is 0. The predicted molar refractivity (Wildman–Crippen MR) is 86.9 cm³/mol. The first-order valence-electron chi connectivity index (χ1n) is 7.01. The number of rotatable bonds is 2. The maximum Gasteiger partial charge on any atom is 0.138 e. The van der Waals surface area contributed by atoms with Crippen LogP contribution in [0.1, 0.15) is 11.3 Å². The van der Waals surface area contributed by atoms with Crippen molar-refractivity contribution >= 4 is 17.1 Å². The number of para-hydroxylation sites is 1. The first-order chi connectivity index (χ1) is 10.4. The van der Waals surface area contributed by atoms with Gasteiger partial charge in [0.25, 0.3) is 0 Å². The Morgan fingerprint density at radius 1 is 0.714 bits per heavy atom. The van der Waals surface area contributed by atoms with E-state index in [0.717, 1.165) is 11.5 Å². The molecule has 1 aromatic heterocycles. The molecule has 0 unspecified atom stereocenters. The van der Waals surface area contributed by atoms with E-state index < -0.39 is 0 Å². The maximum absolute atomic E-state index is 4.75. The second-order valence-electron chi connectivity index (χ2n) is 4.99. The molecular formula is C19H14N2. The first kappa shape index (κ1) is 11.9. The van der Waals surface area contributed by atoms with Crippen molar-refractivity contribution in [1.29, 1.82) is 0 Å². The van der Waals surface area contributed by atoms with Crippen LogP contribution in [0.3, 0.4) is 0 Å². The molecule has 2 aromatic carbocycles. The van der Waals surface area contributed by atoms with Gasteiger partial charge >= 0.3 is 0 Å². The van der Waals surface area contributed by atoms with Gasteiger partial charge in [-0.3, -0.25) is 0 Å². The van der Waals surface area contributed by atoms with E-state index >= 15 is 0 Å². The summed E-state index contributed by atoms with van der Waals surface area (Å²) in [5.41, 5.74) is 4.60. The molecule has 0 aliphatic carbocycles. The number of aliphatic imine (C=N–C) groups is 1. The van der Waals surface area contributed by atoms with Crippen molar-refractivity contribution in [3.63, 3.8) is 0 Å². The van der Waals surface area contributed by atoms with E-state index in [-0.39, 0.29) is 0 Å². The fraction of sp³-hybridized carbons (Fsp3) is 0. The van der Waals surface area contributed by atoms with Gasteiger partial charge in [0.15, 0.2) is 0 Å². The van der Waals surface area contributed by atoms with E-state index in [0.29, 0.717) is 0 Å². The Labute approximate surface area is 123 Å². The SMILES string of the molecule is C1=C(c2ccccc2)c2cccn2C1=Nc1ccccc1. The lowest BCUT2D eigenvalue weighted by molar-refractivity contribution is 1.16. The van der Waals surface area contributed by atoms with Crippen molar-refractivity contribution in [2.24, 2.45) is 4.99 Å². The molecule has 0 amide bonds. The minimum absolute atomic E-state index is 0.958. The zero-order valence-electron chi connectivity index (χ0n) is 11.5. The molecule has 1 aliphatic rings. The van der Waals surface area contributed by atoms with Crippen LogP contribution in [-0.2, 0) is 0 Å². The molecule has 2 heteroatoms. The summed E-state index contributed by atoms with van der Waals surface area (Å²) in [5, 5.41) is 0. The first-order valence-corrected chi connectivity index (χ1v) is 7.01. The number of nitrogens with zero attached hydrogens (tertiary/aromatic N) is 2. The van der Waals surface area contributed by atoms with Gasteiger partial charge in [0, 0.05) is 11.8 Å². The van der Waals surface area contributed by atoms with Crippen LogP contribution >= 0.6 is 0 Å². The molecule has 0 radical (unpaired) electrons. The van der Waals surface area contributed by atoms with Gasteiger partial charge in [0.1, 0.15) is 5.84 Å². The average Bonchev–Trinajstić information content (AvgIpc) is 3.13. The molecule has 100 valence electrons. The Morgan fingerprint density at radius 2 is 1.43 bits per heavy atom. The number of fused-ring (bicyclic) bond motifs is 1. The summed E-state index contributed by atoms with van der Waals surface area (Å²) >= 11 is 0. The number of benzene rings is 2. The molecule has 0 saturated carbocycles. The van der Waals surface area contributed by atoms with E-state index in [1.165, 1.54) is 16.8 Å². The van der Waals surface area contributed by atoms with Gasteiger partial charge in [-0.15, -0.1) is 0 Å². The third-order valence-electron chi connectivity index (χ3n) is 3.63. The van der Waals surface area contributed by atoms with Crippen LogP contribution in [0.5, 0.6) is 0 Å². The molecular weight excluding hydrogens is 256 g/mol. The minimum atomic E-state index is 0.958. The monoisotopic (exact) mass is 270 g/mol. The maximum atomic E-state index is 4.75. The standard InChI is InChI=1S/C19H14N2/c1-3-8-15(9-4-1)17-14-19(21-13-7-12-18(17)21)20-16-10-5-2-6-11-16/h1-14H. The summed E-state index contributed by atoms with van der Waals surface area (Å²) in [4.78, 5) is 4.75. The van der Waals surface area contributed by atoms with Gasteiger partial charge in [-0.25, -0.2) is 4.99 Å². The van der Waals surface area contributed by atoms with Crippen LogP contribution in [0, 0.1) is 0 Å². The van der Waals surface area contributed by atoms with E-state index in [4.69, 9.17) is 4.99 Å². The third-order valence-corrected chi connectivity index (χ3v) is 3.63. The van der Waals surface area contributed by atoms with Crippen LogP contribution in [0.2, 0.25) is 0 Å². The lowest BCUT2D eigenvalue weighted by atomic mass is 10.0. The molecule has 4 rings (SSSR count). The van der Waals surface area contributed by atoms with Crippen molar-refractivity contribution in [3.8, 4) is 0 Å². The quantitative estimate of drug-likeness (QED) is 0.652. The van der Waals surface area contributed by atoms with Crippen LogP contribution in [0.15, 0.2) is 90.1 Å². The van der Waals surface area contributed by atoms with Crippen molar-refractivity contribution in [2.45, 2.75) is 0 Å². The molecule has 2 nitrogen and oxygen atoms in total. The molecule has 0 N–H and O–H groups in total. The van der Waals surface area contributed by atoms with Crippen molar-refractivity contribution in [3.05, 3.63) is 96.3 Å². The average molecular weight is 270 g/mol. The highest BCUT2D eigenvalue weighted by Crippen LogP contribution is 2.30. The summed E-state index contributed by atoms with van der Waals surface area (Å²) < 4.78 is 2.13. The van der Waals surface area contributed by atoms with E-state index in [1.54, 1.807) is 0 Å². The number of allylic oxidation sites excluding steroid dienone is 1. The van der Waals surface area contributed by atoms with Gasteiger partial charge in [0.2, 0.25) is 0 Å². The molecule has 0 atom stereocenters. The van der Waals surface area contributed by atoms with Crippen molar-refractivity contribution < 1.29 is 0 Å². The Kier molecular flexibility index (Phi) is 2.79. The Hall–Kier alpha value is -2.87. The number of aromatic nitrogens is 1.